The molecule has 1 aliphatic rings. The molecule has 3 aromatic rings. The predicted molar refractivity (Wildman–Crippen MR) is 127 cm³/mol. The second kappa shape index (κ2) is 10.1. The lowest BCUT2D eigenvalue weighted by Gasteiger charge is -2.31. The molecule has 1 saturated carbocycles. The van der Waals surface area contributed by atoms with Crippen LogP contribution >= 0.6 is 11.6 Å². The van der Waals surface area contributed by atoms with E-state index in [0.717, 1.165) is 35.7 Å². The lowest BCUT2D eigenvalue weighted by atomic mass is 9.83. The highest BCUT2D eigenvalue weighted by Crippen LogP contribution is 2.26. The van der Waals surface area contributed by atoms with Crippen molar-refractivity contribution in [1.29, 1.82) is 5.26 Å². The molecule has 3 atom stereocenters. The fraction of sp³-hybridized carbons (Fsp3) is 0.360. The number of fused-ring (bicyclic) bond motifs is 1. The Morgan fingerprint density at radius 3 is 2.79 bits per heavy atom. The van der Waals surface area contributed by atoms with Gasteiger partial charge in [0.1, 0.15) is 16.9 Å². The number of halogens is 1. The van der Waals surface area contributed by atoms with Gasteiger partial charge in [-0.1, -0.05) is 42.6 Å². The minimum atomic E-state index is -0.688. The molecule has 0 bridgehead atoms. The van der Waals surface area contributed by atoms with Gasteiger partial charge in [0.2, 0.25) is 5.91 Å². The molecule has 0 saturated heterocycles. The number of rotatable bonds is 6. The van der Waals surface area contributed by atoms with Crippen LogP contribution in [0.5, 0.6) is 0 Å². The molecular weight excluding hydrogens is 438 g/mol. The molecule has 33 heavy (non-hydrogen) atoms. The number of benzene rings is 1. The number of hydrogen-bond donors (Lipinski definition) is 2. The van der Waals surface area contributed by atoms with Crippen LogP contribution in [0.2, 0.25) is 5.15 Å². The number of para-hydroxylation sites is 1. The van der Waals surface area contributed by atoms with Gasteiger partial charge in [-0.25, -0.2) is 4.98 Å². The summed E-state index contributed by atoms with van der Waals surface area (Å²) in [4.78, 5) is 30.1. The Morgan fingerprint density at radius 1 is 1.24 bits per heavy atom. The van der Waals surface area contributed by atoms with Gasteiger partial charge in [0.25, 0.3) is 5.91 Å². The molecule has 7 nitrogen and oxygen atoms in total. The summed E-state index contributed by atoms with van der Waals surface area (Å²) in [7, 11) is 1.87. The number of carbonyl (C=O) groups is 2. The van der Waals surface area contributed by atoms with Gasteiger partial charge in [-0.15, -0.1) is 0 Å². The van der Waals surface area contributed by atoms with E-state index in [1.54, 1.807) is 18.3 Å². The summed E-state index contributed by atoms with van der Waals surface area (Å²) in [5.74, 6) is -0.778. The molecule has 4 rings (SSSR count). The highest BCUT2D eigenvalue weighted by Gasteiger charge is 2.33. The van der Waals surface area contributed by atoms with Gasteiger partial charge >= 0.3 is 0 Å². The first kappa shape index (κ1) is 22.8. The number of nitrogens with zero attached hydrogens (tertiary/aromatic N) is 3. The molecule has 1 aromatic carbocycles. The number of amides is 2. The van der Waals surface area contributed by atoms with Gasteiger partial charge in [-0.05, 0) is 42.7 Å². The third kappa shape index (κ3) is 5.18. The van der Waals surface area contributed by atoms with Crippen LogP contribution < -0.4 is 10.6 Å². The van der Waals surface area contributed by atoms with Crippen LogP contribution in [0.15, 0.2) is 48.7 Å². The Kier molecular flexibility index (Phi) is 6.95. The van der Waals surface area contributed by atoms with Crippen molar-refractivity contribution < 1.29 is 9.59 Å². The van der Waals surface area contributed by atoms with Gasteiger partial charge in [0.05, 0.1) is 12.0 Å². The van der Waals surface area contributed by atoms with Gasteiger partial charge in [-0.3, -0.25) is 9.59 Å². The van der Waals surface area contributed by atoms with Gasteiger partial charge in [-0.2, -0.15) is 5.26 Å². The largest absolute Gasteiger partial charge is 0.347 e. The van der Waals surface area contributed by atoms with E-state index in [4.69, 9.17) is 11.6 Å². The summed E-state index contributed by atoms with van der Waals surface area (Å²) in [6.07, 6.45) is 5.17. The monoisotopic (exact) mass is 463 g/mol. The van der Waals surface area contributed by atoms with E-state index in [9.17, 15) is 14.9 Å². The third-order valence-electron chi connectivity index (χ3n) is 6.31. The molecular formula is C25H26ClN5O2. The van der Waals surface area contributed by atoms with E-state index in [1.165, 1.54) is 0 Å². The van der Waals surface area contributed by atoms with Crippen molar-refractivity contribution in [3.05, 3.63) is 65.1 Å². The number of nitrogens with one attached hydrogen (secondary N) is 2. The quantitative estimate of drug-likeness (QED) is 0.543. The van der Waals surface area contributed by atoms with Crippen LogP contribution in [-0.2, 0) is 18.3 Å². The minimum absolute atomic E-state index is 0.193. The highest BCUT2D eigenvalue weighted by atomic mass is 35.5. The second-order valence-corrected chi connectivity index (χ2v) is 8.89. The molecule has 2 heterocycles. The number of aromatic nitrogens is 2. The molecule has 2 aromatic heterocycles. The van der Waals surface area contributed by atoms with Crippen LogP contribution in [-0.4, -0.2) is 33.4 Å². The molecule has 2 amide bonds. The Morgan fingerprint density at radius 2 is 2.03 bits per heavy atom. The zero-order chi connectivity index (χ0) is 23.4. The topological polar surface area (TPSA) is 99.8 Å². The lowest BCUT2D eigenvalue weighted by molar-refractivity contribution is -0.127. The summed E-state index contributed by atoms with van der Waals surface area (Å²) in [6.45, 7) is 0. The number of nitriles is 1. The minimum Gasteiger partial charge on any atom is -0.347 e. The van der Waals surface area contributed by atoms with E-state index in [2.05, 4.69) is 21.7 Å². The molecule has 0 radical (unpaired) electrons. The Bertz CT molecular complexity index is 1210. The summed E-state index contributed by atoms with van der Waals surface area (Å²) in [5, 5.41) is 16.9. The summed E-state index contributed by atoms with van der Waals surface area (Å²) in [6, 6.07) is 14.3. The van der Waals surface area contributed by atoms with Gasteiger partial charge < -0.3 is 15.2 Å². The van der Waals surface area contributed by atoms with E-state index < -0.39 is 6.04 Å². The normalized spacial score (nSPS) is 18.9. The van der Waals surface area contributed by atoms with E-state index in [0.29, 0.717) is 23.7 Å². The zero-order valence-corrected chi connectivity index (χ0v) is 19.2. The first-order valence-corrected chi connectivity index (χ1v) is 11.5. The maximum absolute atomic E-state index is 13.1. The fourth-order valence-electron chi connectivity index (χ4n) is 4.58. The van der Waals surface area contributed by atoms with Crippen molar-refractivity contribution in [3.8, 4) is 6.07 Å². The van der Waals surface area contributed by atoms with Crippen molar-refractivity contribution in [2.75, 3.05) is 0 Å². The van der Waals surface area contributed by atoms with E-state index >= 15 is 0 Å². The average Bonchev–Trinajstić information content (AvgIpc) is 3.15. The van der Waals surface area contributed by atoms with Crippen LogP contribution in [0.4, 0.5) is 0 Å². The van der Waals surface area contributed by atoms with E-state index in [1.807, 2.05) is 41.9 Å². The maximum atomic E-state index is 13.1. The van der Waals surface area contributed by atoms with Gasteiger partial charge in [0, 0.05) is 36.6 Å². The zero-order valence-electron chi connectivity index (χ0n) is 18.4. The van der Waals surface area contributed by atoms with Crippen molar-refractivity contribution in [3.63, 3.8) is 0 Å². The van der Waals surface area contributed by atoms with Crippen LogP contribution in [0.25, 0.3) is 10.9 Å². The molecule has 0 spiro atoms. The van der Waals surface area contributed by atoms with Crippen LogP contribution in [0, 0.1) is 17.2 Å². The van der Waals surface area contributed by atoms with E-state index in [-0.39, 0.29) is 23.8 Å². The third-order valence-corrected chi connectivity index (χ3v) is 6.51. The van der Waals surface area contributed by atoms with Gasteiger partial charge in [0.15, 0.2) is 0 Å². The molecule has 1 unspecified atom stereocenters. The Balaban J connectivity index is 1.44. The molecule has 1 aliphatic carbocycles. The number of hydrogen-bond acceptors (Lipinski definition) is 4. The Hall–Kier alpha value is -3.37. The summed E-state index contributed by atoms with van der Waals surface area (Å²) >= 11 is 5.93. The summed E-state index contributed by atoms with van der Waals surface area (Å²) < 4.78 is 1.87. The fourth-order valence-corrected chi connectivity index (χ4v) is 4.78. The van der Waals surface area contributed by atoms with Crippen molar-refractivity contribution >= 4 is 34.3 Å². The first-order valence-electron chi connectivity index (χ1n) is 11.1. The molecule has 8 heteroatoms. The standard InChI is InChI=1S/C25H26ClN5O2/c1-31-21-9-5-2-6-17(21)14-22(31)25(33)30-20-8-4-3-7-19(20)24(32)29-18(15-27)12-16-10-11-28-23(26)13-16/h2,5-6,9-11,13-14,18-20H,3-4,7-8,12H2,1H3,(H,29,32)(H,30,33)/t18?,19-,20+/m1/s1. The summed E-state index contributed by atoms with van der Waals surface area (Å²) in [5.41, 5.74) is 2.37. The number of carbonyl (C=O) groups excluding carboxylic acids is 2. The number of aryl methyl sites for hydroxylation is 1. The average molecular weight is 464 g/mol. The van der Waals surface area contributed by atoms with Crippen molar-refractivity contribution in [2.24, 2.45) is 13.0 Å². The highest BCUT2D eigenvalue weighted by molar-refractivity contribution is 6.29. The molecule has 170 valence electrons. The lowest BCUT2D eigenvalue weighted by Crippen LogP contribution is -2.50. The van der Waals surface area contributed by atoms with Crippen molar-refractivity contribution in [1.82, 2.24) is 20.2 Å². The van der Waals surface area contributed by atoms with Crippen molar-refractivity contribution in [2.45, 2.75) is 44.2 Å². The molecule has 2 N–H and O–H groups in total. The second-order valence-electron chi connectivity index (χ2n) is 8.50. The maximum Gasteiger partial charge on any atom is 0.268 e. The number of pyridine rings is 1. The van der Waals surface area contributed by atoms with Crippen LogP contribution in [0.3, 0.4) is 0 Å². The smallest absolute Gasteiger partial charge is 0.268 e. The SMILES string of the molecule is Cn1c(C(=O)N[C@H]2CCCC[C@H]2C(=O)NC(C#N)Cc2ccnc(Cl)c2)cc2ccccc21. The Labute approximate surface area is 197 Å². The molecule has 1 fully saturated rings. The first-order chi connectivity index (χ1) is 16.0. The predicted octanol–water partition coefficient (Wildman–Crippen LogP) is 3.77. The molecule has 0 aliphatic heterocycles. The van der Waals surface area contributed by atoms with Crippen LogP contribution in [0.1, 0.15) is 41.7 Å².